The zero-order chi connectivity index (χ0) is 20.3. The quantitative estimate of drug-likeness (QED) is 0.586. The van der Waals surface area contributed by atoms with E-state index in [2.05, 4.69) is 5.32 Å². The normalized spacial score (nSPS) is 15.9. The van der Waals surface area contributed by atoms with Gasteiger partial charge >= 0.3 is 0 Å². The van der Waals surface area contributed by atoms with Crippen LogP contribution in [0.4, 0.5) is 11.4 Å². The number of hydrogen-bond donors (Lipinski definition) is 1. The van der Waals surface area contributed by atoms with Crippen LogP contribution in [0, 0.1) is 16.0 Å². The smallest absolute Gasteiger partial charge is 0.271 e. The molecule has 0 atom stereocenters. The number of benzene rings is 2. The first-order chi connectivity index (χ1) is 13.3. The molecule has 1 fully saturated rings. The molecule has 148 valence electrons. The maximum absolute atomic E-state index is 12.7. The van der Waals surface area contributed by atoms with Gasteiger partial charge in [0.2, 0.25) is 15.9 Å². The van der Waals surface area contributed by atoms with Crippen LogP contribution in [0.5, 0.6) is 0 Å². The number of nitrogens with one attached hydrogen (secondary N) is 1. The number of halogens is 1. The van der Waals surface area contributed by atoms with Crippen molar-refractivity contribution in [2.45, 2.75) is 17.7 Å². The molecule has 1 saturated heterocycles. The number of hydrogen-bond acceptors (Lipinski definition) is 5. The zero-order valence-electron chi connectivity index (χ0n) is 14.7. The molecular formula is C18H18ClN3O5S. The van der Waals surface area contributed by atoms with Gasteiger partial charge in [0.1, 0.15) is 0 Å². The Morgan fingerprint density at radius 1 is 1.14 bits per heavy atom. The van der Waals surface area contributed by atoms with Gasteiger partial charge in [0.15, 0.2) is 0 Å². The van der Waals surface area contributed by atoms with E-state index in [9.17, 15) is 23.3 Å². The van der Waals surface area contributed by atoms with Gasteiger partial charge in [-0.2, -0.15) is 4.31 Å². The highest BCUT2D eigenvalue weighted by Crippen LogP contribution is 2.26. The van der Waals surface area contributed by atoms with Crippen molar-refractivity contribution >= 4 is 38.9 Å². The molecule has 0 saturated carbocycles. The molecule has 1 aliphatic heterocycles. The lowest BCUT2D eigenvalue weighted by molar-refractivity contribution is -0.384. The second-order valence-corrected chi connectivity index (χ2v) is 8.80. The van der Waals surface area contributed by atoms with Crippen molar-refractivity contribution in [3.8, 4) is 0 Å². The van der Waals surface area contributed by atoms with E-state index in [4.69, 9.17) is 11.6 Å². The molecule has 8 nitrogen and oxygen atoms in total. The monoisotopic (exact) mass is 423 g/mol. The van der Waals surface area contributed by atoms with Crippen LogP contribution in [0.15, 0.2) is 53.4 Å². The number of carbonyl (C=O) groups excluding carboxylic acids is 1. The van der Waals surface area contributed by atoms with E-state index in [1.54, 1.807) is 6.07 Å². The van der Waals surface area contributed by atoms with Crippen LogP contribution in [0.3, 0.4) is 0 Å². The largest absolute Gasteiger partial charge is 0.326 e. The summed E-state index contributed by atoms with van der Waals surface area (Å²) < 4.78 is 26.7. The number of piperidine rings is 1. The molecule has 0 radical (unpaired) electrons. The predicted octanol–water partition coefficient (Wildman–Crippen LogP) is 3.29. The Bertz CT molecular complexity index is 987. The summed E-state index contributed by atoms with van der Waals surface area (Å²) in [5.74, 6) is -0.639. The number of carbonyl (C=O) groups is 1. The van der Waals surface area contributed by atoms with Crippen molar-refractivity contribution < 1.29 is 18.1 Å². The summed E-state index contributed by atoms with van der Waals surface area (Å²) in [6.07, 6.45) is 0.737. The molecule has 1 aliphatic rings. The van der Waals surface area contributed by atoms with Crippen LogP contribution in [0.2, 0.25) is 5.02 Å². The molecule has 2 aromatic carbocycles. The molecular weight excluding hydrogens is 406 g/mol. The third kappa shape index (κ3) is 4.49. The highest BCUT2D eigenvalue weighted by molar-refractivity contribution is 7.89. The molecule has 3 rings (SSSR count). The average Bonchev–Trinajstić information content (AvgIpc) is 2.68. The molecule has 2 aromatic rings. The molecule has 1 heterocycles. The van der Waals surface area contributed by atoms with Crippen LogP contribution < -0.4 is 5.32 Å². The summed E-state index contributed by atoms with van der Waals surface area (Å²) in [5.41, 5.74) is 0.233. The van der Waals surface area contributed by atoms with Gasteiger partial charge in [0.05, 0.1) is 9.82 Å². The van der Waals surface area contributed by atoms with Crippen molar-refractivity contribution in [3.63, 3.8) is 0 Å². The number of amides is 1. The highest BCUT2D eigenvalue weighted by Gasteiger charge is 2.32. The molecule has 1 amide bonds. The summed E-state index contributed by atoms with van der Waals surface area (Å²) in [5, 5.41) is 14.0. The number of non-ortho nitro benzene ring substituents is 1. The van der Waals surface area contributed by atoms with Crippen molar-refractivity contribution in [1.82, 2.24) is 4.31 Å². The Morgan fingerprint density at radius 3 is 2.39 bits per heavy atom. The summed E-state index contributed by atoms with van der Waals surface area (Å²) in [4.78, 5) is 22.9. The lowest BCUT2D eigenvalue weighted by atomic mass is 9.97. The number of nitro benzene ring substituents is 1. The first kappa shape index (κ1) is 20.2. The van der Waals surface area contributed by atoms with E-state index in [0.717, 1.165) is 0 Å². The molecule has 0 aliphatic carbocycles. The predicted molar refractivity (Wildman–Crippen MR) is 105 cm³/mol. The molecule has 1 N–H and O–H groups in total. The highest BCUT2D eigenvalue weighted by atomic mass is 35.5. The Morgan fingerprint density at radius 2 is 1.79 bits per heavy atom. The van der Waals surface area contributed by atoms with Crippen LogP contribution >= 0.6 is 11.6 Å². The fourth-order valence-electron chi connectivity index (χ4n) is 3.06. The number of sulfonamides is 1. The number of anilines is 1. The molecule has 0 aromatic heterocycles. The topological polar surface area (TPSA) is 110 Å². The van der Waals surface area contributed by atoms with Crippen LogP contribution in [0.25, 0.3) is 0 Å². The number of rotatable bonds is 5. The number of nitro groups is 1. The van der Waals surface area contributed by atoms with Crippen molar-refractivity contribution in [3.05, 3.63) is 63.7 Å². The minimum absolute atomic E-state index is 0.110. The van der Waals surface area contributed by atoms with Gasteiger partial charge in [0.25, 0.3) is 5.69 Å². The van der Waals surface area contributed by atoms with Crippen molar-refractivity contribution in [1.29, 1.82) is 0 Å². The third-order valence-corrected chi connectivity index (χ3v) is 6.77. The Hall–Kier alpha value is -2.49. The lowest BCUT2D eigenvalue weighted by Crippen LogP contribution is -2.41. The fraction of sp³-hybridized carbons (Fsp3) is 0.278. The molecule has 10 heteroatoms. The second kappa shape index (κ2) is 8.26. The Kier molecular flexibility index (Phi) is 5.97. The first-order valence-electron chi connectivity index (χ1n) is 8.58. The maximum atomic E-state index is 12.7. The fourth-order valence-corrected chi connectivity index (χ4v) is 4.65. The zero-order valence-corrected chi connectivity index (χ0v) is 16.3. The van der Waals surface area contributed by atoms with E-state index in [-0.39, 0.29) is 35.5 Å². The van der Waals surface area contributed by atoms with Crippen molar-refractivity contribution in [2.75, 3.05) is 18.4 Å². The van der Waals surface area contributed by atoms with Crippen LogP contribution in [0.1, 0.15) is 12.8 Å². The first-order valence-corrected chi connectivity index (χ1v) is 10.4. The summed E-state index contributed by atoms with van der Waals surface area (Å²) in [7, 11) is -3.63. The Labute approximate surface area is 167 Å². The minimum atomic E-state index is -3.63. The van der Waals surface area contributed by atoms with Gasteiger partial charge < -0.3 is 5.32 Å². The van der Waals surface area contributed by atoms with Gasteiger partial charge in [0, 0.05) is 41.9 Å². The average molecular weight is 424 g/mol. The third-order valence-electron chi connectivity index (χ3n) is 4.60. The molecule has 28 heavy (non-hydrogen) atoms. The van der Waals surface area contributed by atoms with Crippen LogP contribution in [-0.4, -0.2) is 36.6 Å². The van der Waals surface area contributed by atoms with Crippen LogP contribution in [-0.2, 0) is 14.8 Å². The maximum Gasteiger partial charge on any atom is 0.271 e. The molecule has 0 bridgehead atoms. The van der Waals surface area contributed by atoms with Gasteiger partial charge in [-0.05, 0) is 43.2 Å². The molecule has 0 unspecified atom stereocenters. The summed E-state index contributed by atoms with van der Waals surface area (Å²) in [6.45, 7) is 0.440. The van der Waals surface area contributed by atoms with E-state index in [0.29, 0.717) is 23.6 Å². The second-order valence-electron chi connectivity index (χ2n) is 6.43. The minimum Gasteiger partial charge on any atom is -0.326 e. The Balaban J connectivity index is 1.62. The van der Waals surface area contributed by atoms with Crippen molar-refractivity contribution in [2.24, 2.45) is 5.92 Å². The number of nitrogens with zero attached hydrogens (tertiary/aromatic N) is 2. The van der Waals surface area contributed by atoms with E-state index >= 15 is 0 Å². The lowest BCUT2D eigenvalue weighted by Gasteiger charge is -2.30. The van der Waals surface area contributed by atoms with Gasteiger partial charge in [-0.15, -0.1) is 0 Å². The van der Waals surface area contributed by atoms with Gasteiger partial charge in [-0.25, -0.2) is 8.42 Å². The van der Waals surface area contributed by atoms with E-state index in [1.807, 2.05) is 0 Å². The summed E-state index contributed by atoms with van der Waals surface area (Å²) >= 11 is 5.80. The van der Waals surface area contributed by atoms with E-state index < -0.39 is 14.9 Å². The van der Waals surface area contributed by atoms with Gasteiger partial charge in [-0.3, -0.25) is 14.9 Å². The summed E-state index contributed by atoms with van der Waals surface area (Å²) in [6, 6.07) is 11.7. The SMILES string of the molecule is O=C(Nc1cccc([N+](=O)[O-])c1)C1CCN(S(=O)(=O)c2ccc(Cl)cc2)CC1. The van der Waals surface area contributed by atoms with E-state index in [1.165, 1.54) is 46.8 Å². The standard InChI is InChI=1S/C18H18ClN3O5S/c19-14-4-6-17(7-5-14)28(26,27)21-10-8-13(9-11-21)18(23)20-15-2-1-3-16(12-15)22(24)25/h1-7,12-13H,8-11H2,(H,20,23). The molecule has 0 spiro atoms. The van der Waals surface area contributed by atoms with Gasteiger partial charge in [-0.1, -0.05) is 17.7 Å².